The van der Waals surface area contributed by atoms with Crippen molar-refractivity contribution in [2.45, 2.75) is 27.3 Å². The number of nitrogens with one attached hydrogen (secondary N) is 3. The number of ketones is 1. The number of carbonyl (C=O) groups excluding carboxylic acids is 2. The minimum atomic E-state index is -0.301. The summed E-state index contributed by atoms with van der Waals surface area (Å²) in [5.41, 5.74) is 1.16. The van der Waals surface area contributed by atoms with Crippen LogP contribution >= 0.6 is 12.2 Å². The highest BCUT2D eigenvalue weighted by Crippen LogP contribution is 2.13. The minimum absolute atomic E-state index is 0.0339. The molecular formula is C18H22N8O2S. The van der Waals surface area contributed by atoms with Gasteiger partial charge in [0, 0.05) is 24.3 Å². The number of anilines is 3. The molecule has 0 atom stereocenters. The van der Waals surface area contributed by atoms with Crippen LogP contribution in [0.15, 0.2) is 24.3 Å². The molecule has 0 aliphatic rings. The Hall–Kier alpha value is -3.34. The molecule has 10 nitrogen and oxygen atoms in total. The van der Waals surface area contributed by atoms with E-state index >= 15 is 0 Å². The van der Waals surface area contributed by atoms with Crippen molar-refractivity contribution in [3.63, 3.8) is 0 Å². The number of aromatic nitrogens is 5. The van der Waals surface area contributed by atoms with Gasteiger partial charge in [-0.15, -0.1) is 5.10 Å². The maximum absolute atomic E-state index is 12.5. The predicted octanol–water partition coefficient (Wildman–Crippen LogP) is 2.36. The highest BCUT2D eigenvalue weighted by Gasteiger charge is 2.15. The SMILES string of the molecule is CCNc1nc(NCC)n2c(=S)n(CC(=O)Nc3ccc(C(C)=O)cc3)nc2n1. The molecule has 2 heterocycles. The monoisotopic (exact) mass is 414 g/mol. The molecule has 0 fully saturated rings. The van der Waals surface area contributed by atoms with Gasteiger partial charge in [-0.05, 0) is 57.3 Å². The molecule has 0 aliphatic heterocycles. The zero-order valence-electron chi connectivity index (χ0n) is 16.4. The van der Waals surface area contributed by atoms with Gasteiger partial charge < -0.3 is 16.0 Å². The van der Waals surface area contributed by atoms with Crippen molar-refractivity contribution in [1.82, 2.24) is 24.1 Å². The molecule has 29 heavy (non-hydrogen) atoms. The number of Topliss-reactive ketones (excluding diaryl/α,β-unsaturated/α-hetero) is 1. The Balaban J connectivity index is 1.84. The molecule has 3 rings (SSSR count). The first-order valence-corrected chi connectivity index (χ1v) is 9.60. The number of hydrogen-bond acceptors (Lipinski definition) is 8. The lowest BCUT2D eigenvalue weighted by molar-refractivity contribution is -0.116. The lowest BCUT2D eigenvalue weighted by Gasteiger charge is -2.07. The number of hydrogen-bond donors (Lipinski definition) is 3. The fourth-order valence-corrected chi connectivity index (χ4v) is 2.94. The highest BCUT2D eigenvalue weighted by molar-refractivity contribution is 7.71. The molecule has 0 spiro atoms. The van der Waals surface area contributed by atoms with Gasteiger partial charge in [0.25, 0.3) is 5.78 Å². The number of nitrogens with zero attached hydrogens (tertiary/aromatic N) is 5. The van der Waals surface area contributed by atoms with Crippen LogP contribution in [-0.4, -0.2) is 48.9 Å². The summed E-state index contributed by atoms with van der Waals surface area (Å²) < 4.78 is 3.30. The van der Waals surface area contributed by atoms with E-state index in [0.29, 0.717) is 46.8 Å². The first-order chi connectivity index (χ1) is 13.9. The van der Waals surface area contributed by atoms with Crippen molar-refractivity contribution >= 4 is 47.3 Å². The van der Waals surface area contributed by atoms with Gasteiger partial charge in [-0.2, -0.15) is 9.97 Å². The first kappa shape index (κ1) is 20.4. The van der Waals surface area contributed by atoms with Crippen LogP contribution < -0.4 is 16.0 Å². The fourth-order valence-electron chi connectivity index (χ4n) is 2.67. The minimum Gasteiger partial charge on any atom is -0.355 e. The van der Waals surface area contributed by atoms with E-state index in [1.165, 1.54) is 11.6 Å². The molecule has 1 aromatic carbocycles. The van der Waals surface area contributed by atoms with Gasteiger partial charge in [0.2, 0.25) is 22.6 Å². The number of fused-ring (bicyclic) bond motifs is 1. The second-order valence-electron chi connectivity index (χ2n) is 6.19. The molecule has 3 N–H and O–H groups in total. The zero-order valence-corrected chi connectivity index (χ0v) is 17.2. The van der Waals surface area contributed by atoms with Gasteiger partial charge in [-0.25, -0.2) is 9.08 Å². The summed E-state index contributed by atoms with van der Waals surface area (Å²) in [6.45, 7) is 6.59. The van der Waals surface area contributed by atoms with Gasteiger partial charge in [0.05, 0.1) is 0 Å². The van der Waals surface area contributed by atoms with E-state index in [2.05, 4.69) is 31.0 Å². The fraction of sp³-hybridized carbons (Fsp3) is 0.333. The topological polar surface area (TPSA) is 118 Å². The number of rotatable bonds is 8. The van der Waals surface area contributed by atoms with E-state index in [0.717, 1.165) is 0 Å². The van der Waals surface area contributed by atoms with Crippen molar-refractivity contribution in [2.75, 3.05) is 29.0 Å². The van der Waals surface area contributed by atoms with Crippen LogP contribution in [0.25, 0.3) is 5.78 Å². The third kappa shape index (κ3) is 4.57. The molecule has 0 bridgehead atoms. The summed E-state index contributed by atoms with van der Waals surface area (Å²) >= 11 is 5.47. The third-order valence-electron chi connectivity index (χ3n) is 3.99. The van der Waals surface area contributed by atoms with Crippen LogP contribution in [0, 0.1) is 4.77 Å². The molecule has 152 valence electrons. The summed E-state index contributed by atoms with van der Waals surface area (Å²) in [6, 6.07) is 6.67. The Morgan fingerprint density at radius 2 is 1.76 bits per heavy atom. The molecule has 0 aliphatic carbocycles. The van der Waals surface area contributed by atoms with E-state index in [9.17, 15) is 9.59 Å². The van der Waals surface area contributed by atoms with E-state index in [4.69, 9.17) is 12.2 Å². The number of amides is 1. The van der Waals surface area contributed by atoms with E-state index in [1.54, 1.807) is 28.7 Å². The molecule has 2 aromatic heterocycles. The highest BCUT2D eigenvalue weighted by atomic mass is 32.1. The molecule has 0 unspecified atom stereocenters. The van der Waals surface area contributed by atoms with Crippen molar-refractivity contribution in [1.29, 1.82) is 0 Å². The second kappa shape index (κ2) is 8.78. The average molecular weight is 414 g/mol. The Kier molecular flexibility index (Phi) is 6.17. The van der Waals surface area contributed by atoms with Crippen molar-refractivity contribution in [2.24, 2.45) is 0 Å². The normalized spacial score (nSPS) is 10.7. The second-order valence-corrected chi connectivity index (χ2v) is 6.55. The lowest BCUT2D eigenvalue weighted by atomic mass is 10.1. The summed E-state index contributed by atoms with van der Waals surface area (Å²) in [5.74, 6) is 0.942. The van der Waals surface area contributed by atoms with Crippen LogP contribution in [0.3, 0.4) is 0 Å². The standard InChI is InChI=1S/C18H22N8O2S/c1-4-19-15-22-16(20-5-2)26-17(23-15)24-25(18(26)29)10-14(28)21-13-8-6-12(7-9-13)11(3)27/h6-9H,4-5,10H2,1-3H3,(H,21,28)(H2,19,20,22,23,24). The Morgan fingerprint density at radius 3 is 2.38 bits per heavy atom. The van der Waals surface area contributed by atoms with Gasteiger partial charge >= 0.3 is 0 Å². The van der Waals surface area contributed by atoms with Gasteiger partial charge in [-0.1, -0.05) is 0 Å². The molecular weight excluding hydrogens is 392 g/mol. The summed E-state index contributed by atoms with van der Waals surface area (Å²) in [7, 11) is 0. The van der Waals surface area contributed by atoms with E-state index < -0.39 is 0 Å². The summed E-state index contributed by atoms with van der Waals surface area (Å²) in [5, 5.41) is 13.3. The molecule has 0 radical (unpaired) electrons. The maximum Gasteiger partial charge on any atom is 0.259 e. The quantitative estimate of drug-likeness (QED) is 0.380. The van der Waals surface area contributed by atoms with Crippen molar-refractivity contribution < 1.29 is 9.59 Å². The molecule has 1 amide bonds. The molecule has 3 aromatic rings. The average Bonchev–Trinajstić information content (AvgIpc) is 2.98. The maximum atomic E-state index is 12.5. The Labute approximate surface area is 172 Å². The summed E-state index contributed by atoms with van der Waals surface area (Å²) in [6.07, 6.45) is 0. The Morgan fingerprint density at radius 1 is 1.07 bits per heavy atom. The van der Waals surface area contributed by atoms with E-state index in [-0.39, 0.29) is 18.2 Å². The zero-order chi connectivity index (χ0) is 21.0. The van der Waals surface area contributed by atoms with Crippen LogP contribution in [0.1, 0.15) is 31.1 Å². The largest absolute Gasteiger partial charge is 0.355 e. The summed E-state index contributed by atoms with van der Waals surface area (Å²) in [4.78, 5) is 32.6. The van der Waals surface area contributed by atoms with Crippen molar-refractivity contribution in [3.05, 3.63) is 34.6 Å². The van der Waals surface area contributed by atoms with Gasteiger partial charge in [-0.3, -0.25) is 9.59 Å². The first-order valence-electron chi connectivity index (χ1n) is 9.19. The predicted molar refractivity (Wildman–Crippen MR) is 113 cm³/mol. The van der Waals surface area contributed by atoms with Gasteiger partial charge in [0.15, 0.2) is 5.78 Å². The van der Waals surface area contributed by atoms with Gasteiger partial charge in [0.1, 0.15) is 6.54 Å². The Bertz CT molecular complexity index is 1100. The third-order valence-corrected chi connectivity index (χ3v) is 4.38. The molecule has 0 saturated heterocycles. The van der Waals surface area contributed by atoms with Crippen LogP contribution in [0.5, 0.6) is 0 Å². The van der Waals surface area contributed by atoms with Crippen LogP contribution in [0.4, 0.5) is 17.6 Å². The number of benzene rings is 1. The smallest absolute Gasteiger partial charge is 0.259 e. The van der Waals surface area contributed by atoms with Crippen LogP contribution in [0.2, 0.25) is 0 Å². The molecule has 11 heteroatoms. The van der Waals surface area contributed by atoms with Crippen LogP contribution in [-0.2, 0) is 11.3 Å². The number of carbonyl (C=O) groups is 2. The van der Waals surface area contributed by atoms with E-state index in [1.807, 2.05) is 13.8 Å². The van der Waals surface area contributed by atoms with Crippen molar-refractivity contribution in [3.8, 4) is 0 Å². The lowest BCUT2D eigenvalue weighted by Crippen LogP contribution is -2.19. The molecule has 0 saturated carbocycles.